The van der Waals surface area contributed by atoms with Gasteiger partial charge in [-0.1, -0.05) is 191 Å². The van der Waals surface area contributed by atoms with E-state index in [4.69, 9.17) is 17.7 Å². The van der Waals surface area contributed by atoms with Crippen LogP contribution in [-0.4, -0.2) is 24.9 Å². The standard InChI is InChI=1S/C17H18S.4C16H17NO.C16H17NS/c1-11-14(17(2,3)4)10-9-13-12-7-5-6-8-15(12)18-16(11)13;1-10-13(16(2,3)4)8-7-11-12-6-5-9-17-15(12)18-14(10)11;1-10-7-8-11-12-6-5-9-17-15(12)18-14(11)13(10)16(2,3)4;1-10-8-14-12(9-13(10)16(2,3)4)11-6-5-7-17-15(11)18-14;1-10-8-12-11-6-5-7-17-15(11)18-14(12)9-13(10)16(2,3)4;1-10-7-8-11-12-6-5-9-17-15(12)18-14(11)13(10)16(2,3)4/h5-10H,1-4H3;5*5-9H,1-4H3. The van der Waals surface area contributed by atoms with Crippen molar-refractivity contribution in [3.05, 3.63) is 255 Å². The maximum Gasteiger partial charge on any atom is 0.227 e. The first-order valence-corrected chi connectivity index (χ1v) is 39.3. The number of aryl methyl sites for hydroxylation is 6. The number of benzene rings is 7. The summed E-state index contributed by atoms with van der Waals surface area (Å²) in [5.41, 5.74) is 23.7. The van der Waals surface area contributed by atoms with Gasteiger partial charge < -0.3 is 17.7 Å². The maximum atomic E-state index is 5.98. The van der Waals surface area contributed by atoms with Crippen LogP contribution in [0.5, 0.6) is 0 Å². The van der Waals surface area contributed by atoms with Crippen molar-refractivity contribution in [1.82, 2.24) is 24.9 Å². The van der Waals surface area contributed by atoms with Crippen molar-refractivity contribution < 1.29 is 17.7 Å². The number of fused-ring (bicyclic) bond motifs is 18. The highest BCUT2D eigenvalue weighted by molar-refractivity contribution is 7.26. The average Bonchev–Trinajstić information content (AvgIpc) is 1.63. The quantitative estimate of drug-likeness (QED) is 0.146. The number of aromatic nitrogens is 5. The fourth-order valence-corrected chi connectivity index (χ4v) is 18.6. The molecule has 0 spiro atoms. The van der Waals surface area contributed by atoms with Crippen LogP contribution in [-0.2, 0) is 32.5 Å². The third-order valence-corrected chi connectivity index (χ3v) is 23.1. The number of furan rings is 4. The summed E-state index contributed by atoms with van der Waals surface area (Å²) in [4.78, 5) is 22.8. The molecule has 7 aromatic carbocycles. The van der Waals surface area contributed by atoms with Crippen molar-refractivity contribution in [2.75, 3.05) is 0 Å². The topological polar surface area (TPSA) is 117 Å². The molecule has 0 saturated heterocycles. The second-order valence-corrected chi connectivity index (χ2v) is 37.3. The van der Waals surface area contributed by atoms with Crippen LogP contribution in [0.25, 0.3) is 129 Å². The van der Waals surface area contributed by atoms with Gasteiger partial charge in [0.2, 0.25) is 22.9 Å². The van der Waals surface area contributed by atoms with Crippen LogP contribution in [0.2, 0.25) is 0 Å². The molecule has 108 heavy (non-hydrogen) atoms. The van der Waals surface area contributed by atoms with Gasteiger partial charge in [-0.05, 0) is 226 Å². The minimum atomic E-state index is 0.0669. The van der Waals surface area contributed by atoms with Gasteiger partial charge in [-0.25, -0.2) is 24.9 Å². The third kappa shape index (κ3) is 15.0. The molecule has 11 heteroatoms. The largest absolute Gasteiger partial charge is 0.438 e. The molecule has 0 radical (unpaired) electrons. The fraction of sp³-hybridized carbons (Fsp3) is 0.309. The second kappa shape index (κ2) is 28.8. The van der Waals surface area contributed by atoms with Crippen LogP contribution in [0.15, 0.2) is 206 Å². The lowest BCUT2D eigenvalue weighted by Crippen LogP contribution is -2.13. The lowest BCUT2D eigenvalue weighted by atomic mass is 9.83. The van der Waals surface area contributed by atoms with Gasteiger partial charge in [0, 0.05) is 115 Å². The van der Waals surface area contributed by atoms with E-state index in [0.717, 1.165) is 93.1 Å². The molecule has 18 rings (SSSR count). The summed E-state index contributed by atoms with van der Waals surface area (Å²) in [7, 11) is 0. The Morgan fingerprint density at radius 3 is 1.19 bits per heavy atom. The Kier molecular flexibility index (Phi) is 20.3. The summed E-state index contributed by atoms with van der Waals surface area (Å²) < 4.78 is 27.7. The molecule has 18 aromatic rings. The first-order valence-electron chi connectivity index (χ1n) is 37.7. The Morgan fingerprint density at radius 1 is 0.259 bits per heavy atom. The second-order valence-electron chi connectivity index (χ2n) is 35.2. The van der Waals surface area contributed by atoms with E-state index in [2.05, 4.69) is 318 Å². The van der Waals surface area contributed by atoms with Crippen LogP contribution in [0, 0.1) is 41.5 Å². The van der Waals surface area contributed by atoms with Gasteiger partial charge in [-0.15, -0.1) is 22.7 Å². The molecule has 0 fully saturated rings. The monoisotopic (exact) mass is 1470 g/mol. The van der Waals surface area contributed by atoms with Gasteiger partial charge >= 0.3 is 0 Å². The summed E-state index contributed by atoms with van der Waals surface area (Å²) in [5, 5.41) is 14.4. The van der Waals surface area contributed by atoms with Crippen molar-refractivity contribution >= 4 is 151 Å². The molecule has 0 amide bonds. The van der Waals surface area contributed by atoms with Crippen molar-refractivity contribution in [2.24, 2.45) is 0 Å². The molecule has 0 unspecified atom stereocenters. The normalized spacial score (nSPS) is 12.4. The minimum absolute atomic E-state index is 0.0669. The molecule has 552 valence electrons. The molecule has 0 bridgehead atoms. The number of pyridine rings is 5. The Bertz CT molecular complexity index is 6090. The highest BCUT2D eigenvalue weighted by Gasteiger charge is 2.27. The zero-order valence-electron chi connectivity index (χ0n) is 67.6. The van der Waals surface area contributed by atoms with Gasteiger partial charge in [0.15, 0.2) is 0 Å². The Balaban J connectivity index is 0.000000114. The van der Waals surface area contributed by atoms with Crippen LogP contribution in [0.3, 0.4) is 0 Å². The van der Waals surface area contributed by atoms with Crippen molar-refractivity contribution in [2.45, 2.75) is 199 Å². The lowest BCUT2D eigenvalue weighted by molar-refractivity contribution is 0.566. The molecule has 0 atom stereocenters. The van der Waals surface area contributed by atoms with E-state index in [1.807, 2.05) is 59.2 Å². The zero-order valence-corrected chi connectivity index (χ0v) is 69.2. The van der Waals surface area contributed by atoms with E-state index in [1.165, 1.54) is 102 Å². The van der Waals surface area contributed by atoms with E-state index in [0.29, 0.717) is 0 Å². The predicted molar refractivity (Wildman–Crippen MR) is 463 cm³/mol. The Labute approximate surface area is 643 Å². The van der Waals surface area contributed by atoms with E-state index in [9.17, 15) is 0 Å². The van der Waals surface area contributed by atoms with Gasteiger partial charge in [-0.2, -0.15) is 0 Å². The van der Waals surface area contributed by atoms with Crippen molar-refractivity contribution in [3.63, 3.8) is 0 Å². The first-order chi connectivity index (χ1) is 50.9. The smallest absolute Gasteiger partial charge is 0.227 e. The highest BCUT2D eigenvalue weighted by atomic mass is 32.1. The van der Waals surface area contributed by atoms with E-state index in [1.54, 1.807) is 24.8 Å². The van der Waals surface area contributed by atoms with Crippen molar-refractivity contribution in [3.8, 4) is 0 Å². The van der Waals surface area contributed by atoms with Crippen LogP contribution in [0.1, 0.15) is 191 Å². The van der Waals surface area contributed by atoms with Gasteiger partial charge in [0.05, 0.1) is 0 Å². The fourth-order valence-electron chi connectivity index (χ4n) is 15.9. The van der Waals surface area contributed by atoms with Crippen LogP contribution in [0.4, 0.5) is 0 Å². The summed E-state index contributed by atoms with van der Waals surface area (Å²) in [6.45, 7) is 53.5. The summed E-state index contributed by atoms with van der Waals surface area (Å²) in [5.74, 6) is 0. The van der Waals surface area contributed by atoms with Crippen LogP contribution < -0.4 is 0 Å². The zero-order chi connectivity index (χ0) is 77.5. The molecule has 0 saturated carbocycles. The maximum absolute atomic E-state index is 5.98. The summed E-state index contributed by atoms with van der Waals surface area (Å²) in [6, 6.07) is 55.4. The SMILES string of the molecule is Cc1c(C(C)(C)C)ccc2c1oc1ncccc12.Cc1c(C(C)(C)C)ccc2c1sc1ccccc12.Cc1cc2c(cc1C(C)(C)C)oc1ncccc12.Cc1cc2oc3ncccc3c2cc1C(C)(C)C.Cc1ccc2c(oc3ncccc32)c1C(C)(C)C.Cc1ccc2c(sc3ncccc32)c1C(C)(C)C. The number of hydrogen-bond acceptors (Lipinski definition) is 11. The van der Waals surface area contributed by atoms with Gasteiger partial charge in [0.25, 0.3) is 0 Å². The molecule has 11 aromatic heterocycles. The highest BCUT2D eigenvalue weighted by Crippen LogP contribution is 2.45. The Hall–Kier alpha value is -10.1. The van der Waals surface area contributed by atoms with Crippen LogP contribution >= 0.6 is 22.7 Å². The molecule has 0 aliphatic carbocycles. The summed E-state index contributed by atoms with van der Waals surface area (Å²) in [6.07, 6.45) is 8.95. The lowest BCUT2D eigenvalue weighted by Gasteiger charge is -2.22. The van der Waals surface area contributed by atoms with E-state index >= 15 is 0 Å². The van der Waals surface area contributed by atoms with E-state index in [-0.39, 0.29) is 32.5 Å². The molecular formula is C97H103N5O4S2. The van der Waals surface area contributed by atoms with Gasteiger partial charge in [-0.3, -0.25) is 0 Å². The first kappa shape index (κ1) is 76.1. The Morgan fingerprint density at radius 2 is 0.648 bits per heavy atom. The molecule has 0 N–H and O–H groups in total. The number of nitrogens with zero attached hydrogens (tertiary/aromatic N) is 5. The summed E-state index contributed by atoms with van der Waals surface area (Å²) >= 11 is 3.74. The molecule has 9 nitrogen and oxygen atoms in total. The average molecular weight is 1470 g/mol. The van der Waals surface area contributed by atoms with Gasteiger partial charge in [0.1, 0.15) is 27.2 Å². The predicted octanol–water partition coefficient (Wildman–Crippen LogP) is 29.1. The number of rotatable bonds is 0. The number of hydrogen-bond donors (Lipinski definition) is 0. The molecule has 0 aliphatic rings. The van der Waals surface area contributed by atoms with E-state index < -0.39 is 0 Å². The molecule has 11 heterocycles. The van der Waals surface area contributed by atoms with Crippen molar-refractivity contribution in [1.29, 1.82) is 0 Å². The third-order valence-electron chi connectivity index (χ3n) is 20.6. The molecule has 0 aliphatic heterocycles. The number of thiophene rings is 2. The molecular weight excluding hydrogens is 1360 g/mol. The minimum Gasteiger partial charge on any atom is -0.438 e.